The van der Waals surface area contributed by atoms with E-state index in [-0.39, 0.29) is 5.54 Å². The second-order valence-electron chi connectivity index (χ2n) is 4.62. The van der Waals surface area contributed by atoms with Crippen LogP contribution in [0.1, 0.15) is 18.4 Å². The molecule has 0 radical (unpaired) electrons. The fourth-order valence-electron chi connectivity index (χ4n) is 2.50. The first-order valence-electron chi connectivity index (χ1n) is 5.80. The number of hydrogen-bond acceptors (Lipinski definition) is 2. The zero-order valence-corrected chi connectivity index (χ0v) is 10.7. The topological polar surface area (TPSA) is 15.3 Å². The highest BCUT2D eigenvalue weighted by Crippen LogP contribution is 2.36. The van der Waals surface area contributed by atoms with Crippen molar-refractivity contribution in [1.29, 1.82) is 0 Å². The van der Waals surface area contributed by atoms with Crippen LogP contribution in [-0.4, -0.2) is 32.1 Å². The Balaban J connectivity index is 2.32. The SMILES string of the molecule is CNC1(c2ccccc2Cl)CCN(C)CC1. The monoisotopic (exact) mass is 238 g/mol. The molecule has 2 nitrogen and oxygen atoms in total. The Morgan fingerprint density at radius 1 is 1.25 bits per heavy atom. The van der Waals surface area contributed by atoms with Crippen LogP contribution in [-0.2, 0) is 5.54 Å². The lowest BCUT2D eigenvalue weighted by molar-refractivity contribution is 0.164. The van der Waals surface area contributed by atoms with Crippen molar-refractivity contribution in [2.75, 3.05) is 27.2 Å². The van der Waals surface area contributed by atoms with Gasteiger partial charge < -0.3 is 10.2 Å². The van der Waals surface area contributed by atoms with Crippen molar-refractivity contribution in [2.24, 2.45) is 0 Å². The molecule has 0 unspecified atom stereocenters. The third kappa shape index (κ3) is 2.10. The van der Waals surface area contributed by atoms with Gasteiger partial charge in [0.25, 0.3) is 0 Å². The normalized spacial score (nSPS) is 20.9. The average Bonchev–Trinajstić information content (AvgIpc) is 2.32. The molecule has 1 aromatic carbocycles. The van der Waals surface area contributed by atoms with Gasteiger partial charge in [-0.1, -0.05) is 29.8 Å². The van der Waals surface area contributed by atoms with E-state index in [0.717, 1.165) is 31.0 Å². The number of hydrogen-bond donors (Lipinski definition) is 1. The standard InChI is InChI=1S/C13H19ClN2/c1-15-13(7-9-16(2)10-8-13)11-5-3-4-6-12(11)14/h3-6,15H,7-10H2,1-2H3. The number of rotatable bonds is 2. The third-order valence-corrected chi connectivity index (χ3v) is 4.04. The summed E-state index contributed by atoms with van der Waals surface area (Å²) in [6.07, 6.45) is 2.23. The van der Waals surface area contributed by atoms with Crippen LogP contribution in [0.25, 0.3) is 0 Å². The Labute approximate surface area is 103 Å². The first-order valence-corrected chi connectivity index (χ1v) is 6.18. The Morgan fingerprint density at radius 2 is 1.88 bits per heavy atom. The summed E-state index contributed by atoms with van der Waals surface area (Å²) in [6.45, 7) is 2.23. The molecule has 0 amide bonds. The molecule has 1 fully saturated rings. The molecular formula is C13H19ClN2. The second-order valence-corrected chi connectivity index (χ2v) is 5.02. The van der Waals surface area contributed by atoms with Crippen LogP contribution in [0.2, 0.25) is 5.02 Å². The number of likely N-dealkylation sites (tertiary alicyclic amines) is 1. The van der Waals surface area contributed by atoms with Gasteiger partial charge in [-0.15, -0.1) is 0 Å². The van der Waals surface area contributed by atoms with Gasteiger partial charge in [0.2, 0.25) is 0 Å². The van der Waals surface area contributed by atoms with Crippen molar-refractivity contribution in [3.8, 4) is 0 Å². The molecular weight excluding hydrogens is 220 g/mol. The van der Waals surface area contributed by atoms with E-state index in [9.17, 15) is 0 Å². The molecule has 0 spiro atoms. The Kier molecular flexibility index (Phi) is 3.53. The van der Waals surface area contributed by atoms with Crippen LogP contribution >= 0.6 is 11.6 Å². The summed E-state index contributed by atoms with van der Waals surface area (Å²) in [5.74, 6) is 0. The maximum Gasteiger partial charge on any atom is 0.0471 e. The summed E-state index contributed by atoms with van der Waals surface area (Å²) >= 11 is 6.31. The molecule has 1 N–H and O–H groups in total. The van der Waals surface area contributed by atoms with Gasteiger partial charge in [-0.2, -0.15) is 0 Å². The minimum absolute atomic E-state index is 0.0604. The molecule has 1 aromatic rings. The molecule has 1 heterocycles. The van der Waals surface area contributed by atoms with Crippen molar-refractivity contribution in [3.05, 3.63) is 34.9 Å². The van der Waals surface area contributed by atoms with Crippen molar-refractivity contribution < 1.29 is 0 Å². The van der Waals surface area contributed by atoms with E-state index >= 15 is 0 Å². The van der Waals surface area contributed by atoms with Crippen LogP contribution in [0.3, 0.4) is 0 Å². The molecule has 0 atom stereocenters. The van der Waals surface area contributed by atoms with E-state index in [2.05, 4.69) is 29.4 Å². The molecule has 0 aliphatic carbocycles. The molecule has 0 bridgehead atoms. The third-order valence-electron chi connectivity index (χ3n) is 3.71. The van der Waals surface area contributed by atoms with E-state index in [1.165, 1.54) is 5.56 Å². The predicted octanol–water partition coefficient (Wildman–Crippen LogP) is 2.48. The average molecular weight is 239 g/mol. The van der Waals surface area contributed by atoms with Gasteiger partial charge >= 0.3 is 0 Å². The molecule has 0 aromatic heterocycles. The first-order chi connectivity index (χ1) is 7.68. The maximum atomic E-state index is 6.31. The van der Waals surface area contributed by atoms with Gasteiger partial charge in [-0.05, 0) is 51.7 Å². The van der Waals surface area contributed by atoms with Crippen molar-refractivity contribution >= 4 is 11.6 Å². The summed E-state index contributed by atoms with van der Waals surface area (Å²) in [5.41, 5.74) is 1.30. The summed E-state index contributed by atoms with van der Waals surface area (Å²) in [5, 5.41) is 4.36. The second kappa shape index (κ2) is 4.74. The lowest BCUT2D eigenvalue weighted by atomic mass is 9.81. The van der Waals surface area contributed by atoms with E-state index in [1.54, 1.807) is 0 Å². The molecule has 16 heavy (non-hydrogen) atoms. The van der Waals surface area contributed by atoms with Crippen molar-refractivity contribution in [1.82, 2.24) is 10.2 Å². The highest BCUT2D eigenvalue weighted by molar-refractivity contribution is 6.31. The first kappa shape index (κ1) is 11.9. The maximum absolute atomic E-state index is 6.31. The summed E-state index contributed by atoms with van der Waals surface area (Å²) < 4.78 is 0. The Hall–Kier alpha value is -0.570. The number of nitrogens with zero attached hydrogens (tertiary/aromatic N) is 1. The zero-order chi connectivity index (χ0) is 11.6. The fourth-order valence-corrected chi connectivity index (χ4v) is 2.82. The van der Waals surface area contributed by atoms with Gasteiger partial charge in [0, 0.05) is 10.6 Å². The number of benzene rings is 1. The lowest BCUT2D eigenvalue weighted by Gasteiger charge is -2.41. The van der Waals surface area contributed by atoms with Gasteiger partial charge in [-0.25, -0.2) is 0 Å². The highest BCUT2D eigenvalue weighted by Gasteiger charge is 2.34. The van der Waals surface area contributed by atoms with E-state index < -0.39 is 0 Å². The molecule has 3 heteroatoms. The summed E-state index contributed by atoms with van der Waals surface area (Å²) in [6, 6.07) is 8.18. The van der Waals surface area contributed by atoms with Gasteiger partial charge in [0.1, 0.15) is 0 Å². The molecule has 1 aliphatic rings. The Morgan fingerprint density at radius 3 is 2.44 bits per heavy atom. The number of halogens is 1. The summed E-state index contributed by atoms with van der Waals surface area (Å²) in [4.78, 5) is 2.37. The van der Waals surface area contributed by atoms with Gasteiger partial charge in [-0.3, -0.25) is 0 Å². The van der Waals surface area contributed by atoms with Crippen LogP contribution < -0.4 is 5.32 Å². The van der Waals surface area contributed by atoms with Gasteiger partial charge in [0.15, 0.2) is 0 Å². The lowest BCUT2D eigenvalue weighted by Crippen LogP contribution is -2.49. The smallest absolute Gasteiger partial charge is 0.0471 e. The minimum Gasteiger partial charge on any atom is -0.310 e. The van der Waals surface area contributed by atoms with Crippen LogP contribution in [0.4, 0.5) is 0 Å². The van der Waals surface area contributed by atoms with Crippen LogP contribution in [0.15, 0.2) is 24.3 Å². The highest BCUT2D eigenvalue weighted by atomic mass is 35.5. The van der Waals surface area contributed by atoms with Crippen molar-refractivity contribution in [3.63, 3.8) is 0 Å². The number of nitrogens with one attached hydrogen (secondary N) is 1. The Bertz CT molecular complexity index is 357. The molecule has 2 rings (SSSR count). The van der Waals surface area contributed by atoms with Crippen LogP contribution in [0.5, 0.6) is 0 Å². The van der Waals surface area contributed by atoms with E-state index in [4.69, 9.17) is 11.6 Å². The van der Waals surface area contributed by atoms with Crippen LogP contribution in [0, 0.1) is 0 Å². The molecule has 1 aliphatic heterocycles. The quantitative estimate of drug-likeness (QED) is 0.852. The molecule has 1 saturated heterocycles. The van der Waals surface area contributed by atoms with E-state index in [0.29, 0.717) is 0 Å². The fraction of sp³-hybridized carbons (Fsp3) is 0.538. The van der Waals surface area contributed by atoms with Gasteiger partial charge in [0.05, 0.1) is 0 Å². The largest absolute Gasteiger partial charge is 0.310 e. The molecule has 0 saturated carbocycles. The van der Waals surface area contributed by atoms with Crippen molar-refractivity contribution in [2.45, 2.75) is 18.4 Å². The molecule has 88 valence electrons. The predicted molar refractivity (Wildman–Crippen MR) is 68.9 cm³/mol. The number of piperidine rings is 1. The minimum atomic E-state index is 0.0604. The van der Waals surface area contributed by atoms with E-state index in [1.807, 2.05) is 19.2 Å². The zero-order valence-electron chi connectivity index (χ0n) is 9.96. The summed E-state index contributed by atoms with van der Waals surface area (Å²) in [7, 11) is 4.21.